The minimum absolute atomic E-state index is 0.330. The zero-order valence-electron chi connectivity index (χ0n) is 8.73. The number of nitrogens with one attached hydrogen (secondary N) is 1. The SMILES string of the molecule is CCN=C(NN)C1CSc2ccccc21. The third-order valence-corrected chi connectivity index (χ3v) is 3.69. The van der Waals surface area contributed by atoms with Crippen molar-refractivity contribution in [3.63, 3.8) is 0 Å². The van der Waals surface area contributed by atoms with E-state index in [9.17, 15) is 0 Å². The molecule has 0 saturated heterocycles. The van der Waals surface area contributed by atoms with Crippen LogP contribution in [0.15, 0.2) is 34.2 Å². The van der Waals surface area contributed by atoms with Crippen LogP contribution >= 0.6 is 11.8 Å². The molecule has 2 rings (SSSR count). The summed E-state index contributed by atoms with van der Waals surface area (Å²) >= 11 is 1.87. The Hall–Kier alpha value is -1.00. The van der Waals surface area contributed by atoms with Gasteiger partial charge in [-0.1, -0.05) is 18.2 Å². The van der Waals surface area contributed by atoms with Gasteiger partial charge in [-0.05, 0) is 18.6 Å². The first-order chi connectivity index (χ1) is 7.36. The van der Waals surface area contributed by atoms with Crippen molar-refractivity contribution in [2.75, 3.05) is 12.3 Å². The van der Waals surface area contributed by atoms with Gasteiger partial charge in [-0.3, -0.25) is 4.99 Å². The first-order valence-corrected chi connectivity index (χ1v) is 6.08. The van der Waals surface area contributed by atoms with Crippen molar-refractivity contribution >= 4 is 17.6 Å². The number of thioether (sulfide) groups is 1. The number of amidine groups is 1. The van der Waals surface area contributed by atoms with E-state index in [4.69, 9.17) is 5.84 Å². The highest BCUT2D eigenvalue weighted by atomic mass is 32.2. The van der Waals surface area contributed by atoms with Crippen LogP contribution < -0.4 is 11.3 Å². The lowest BCUT2D eigenvalue weighted by Crippen LogP contribution is -2.35. The maximum Gasteiger partial charge on any atom is 0.119 e. The highest BCUT2D eigenvalue weighted by Gasteiger charge is 2.26. The number of benzene rings is 1. The quantitative estimate of drug-likeness (QED) is 0.346. The summed E-state index contributed by atoms with van der Waals surface area (Å²) in [4.78, 5) is 5.74. The molecule has 3 N–H and O–H groups in total. The van der Waals surface area contributed by atoms with E-state index in [2.05, 4.69) is 34.7 Å². The molecule has 0 fully saturated rings. The topological polar surface area (TPSA) is 50.4 Å². The van der Waals surface area contributed by atoms with E-state index in [1.165, 1.54) is 10.5 Å². The molecule has 0 aliphatic carbocycles. The fraction of sp³-hybridized carbons (Fsp3) is 0.364. The summed E-state index contributed by atoms with van der Waals surface area (Å²) in [6.45, 7) is 2.79. The molecule has 1 atom stereocenters. The Morgan fingerprint density at radius 3 is 3.13 bits per heavy atom. The highest BCUT2D eigenvalue weighted by Crippen LogP contribution is 2.39. The van der Waals surface area contributed by atoms with Gasteiger partial charge in [0.2, 0.25) is 0 Å². The fourth-order valence-corrected chi connectivity index (χ4v) is 3.05. The van der Waals surface area contributed by atoms with Gasteiger partial charge in [0.05, 0.1) is 5.92 Å². The van der Waals surface area contributed by atoms with Gasteiger partial charge < -0.3 is 5.43 Å². The second-order valence-corrected chi connectivity index (χ2v) is 4.47. The number of hydrazine groups is 1. The number of hydrogen-bond donors (Lipinski definition) is 2. The van der Waals surface area contributed by atoms with Gasteiger partial charge in [0.25, 0.3) is 0 Å². The second-order valence-electron chi connectivity index (χ2n) is 3.41. The molecule has 1 aliphatic rings. The Balaban J connectivity index is 2.30. The number of nitrogens with zero attached hydrogens (tertiary/aromatic N) is 1. The minimum atomic E-state index is 0.330. The van der Waals surface area contributed by atoms with E-state index in [0.717, 1.165) is 18.1 Å². The van der Waals surface area contributed by atoms with Crippen molar-refractivity contribution in [1.29, 1.82) is 0 Å². The molecule has 1 aromatic rings. The molecule has 0 amide bonds. The summed E-state index contributed by atoms with van der Waals surface area (Å²) in [7, 11) is 0. The molecule has 0 radical (unpaired) electrons. The van der Waals surface area contributed by atoms with Crippen LogP contribution in [0, 0.1) is 0 Å². The first kappa shape index (κ1) is 10.5. The highest BCUT2D eigenvalue weighted by molar-refractivity contribution is 7.99. The Bertz CT molecular complexity index is 376. The summed E-state index contributed by atoms with van der Waals surface area (Å²) in [5.41, 5.74) is 4.06. The van der Waals surface area contributed by atoms with Crippen molar-refractivity contribution in [3.05, 3.63) is 29.8 Å². The molecule has 1 heterocycles. The third-order valence-electron chi connectivity index (χ3n) is 2.51. The van der Waals surface area contributed by atoms with Crippen LogP contribution in [0.25, 0.3) is 0 Å². The summed E-state index contributed by atoms with van der Waals surface area (Å²) in [6.07, 6.45) is 0. The van der Waals surface area contributed by atoms with Gasteiger partial charge >= 0.3 is 0 Å². The van der Waals surface area contributed by atoms with E-state index < -0.39 is 0 Å². The first-order valence-electron chi connectivity index (χ1n) is 5.09. The van der Waals surface area contributed by atoms with Gasteiger partial charge in [-0.15, -0.1) is 11.8 Å². The molecule has 4 heteroatoms. The van der Waals surface area contributed by atoms with E-state index in [-0.39, 0.29) is 0 Å². The Kier molecular flexibility index (Phi) is 3.28. The molecule has 80 valence electrons. The number of nitrogens with two attached hydrogens (primary N) is 1. The smallest absolute Gasteiger partial charge is 0.119 e. The predicted octanol–water partition coefficient (Wildman–Crippen LogP) is 1.76. The van der Waals surface area contributed by atoms with Crippen molar-refractivity contribution < 1.29 is 0 Å². The summed E-state index contributed by atoms with van der Waals surface area (Å²) < 4.78 is 0. The van der Waals surface area contributed by atoms with Crippen molar-refractivity contribution in [1.82, 2.24) is 5.43 Å². The molecule has 1 unspecified atom stereocenters. The Morgan fingerprint density at radius 1 is 1.60 bits per heavy atom. The summed E-state index contributed by atoms with van der Waals surface area (Å²) in [5, 5.41) is 0. The van der Waals surface area contributed by atoms with Gasteiger partial charge in [0, 0.05) is 17.2 Å². The van der Waals surface area contributed by atoms with E-state index in [1.54, 1.807) is 0 Å². The minimum Gasteiger partial charge on any atom is -0.312 e. The zero-order valence-corrected chi connectivity index (χ0v) is 9.55. The maximum atomic E-state index is 5.51. The van der Waals surface area contributed by atoms with Crippen LogP contribution in [0.5, 0.6) is 0 Å². The van der Waals surface area contributed by atoms with E-state index in [1.807, 2.05) is 18.7 Å². The third kappa shape index (κ3) is 2.01. The van der Waals surface area contributed by atoms with Crippen molar-refractivity contribution in [2.24, 2.45) is 10.8 Å². The zero-order chi connectivity index (χ0) is 10.7. The van der Waals surface area contributed by atoms with Gasteiger partial charge in [0.15, 0.2) is 0 Å². The lowest BCUT2D eigenvalue weighted by molar-refractivity contribution is 0.888. The molecule has 0 aromatic heterocycles. The summed E-state index contributed by atoms with van der Waals surface area (Å²) in [5.74, 6) is 7.76. The van der Waals surface area contributed by atoms with E-state index in [0.29, 0.717) is 5.92 Å². The average molecular weight is 221 g/mol. The molecular formula is C11H15N3S. The van der Waals surface area contributed by atoms with Gasteiger partial charge in [0.1, 0.15) is 5.84 Å². The van der Waals surface area contributed by atoms with Crippen LogP contribution in [0.4, 0.5) is 0 Å². The molecule has 0 bridgehead atoms. The molecule has 1 aliphatic heterocycles. The van der Waals surface area contributed by atoms with Crippen LogP contribution in [0.1, 0.15) is 18.4 Å². The lowest BCUT2D eigenvalue weighted by atomic mass is 10.0. The van der Waals surface area contributed by atoms with Crippen LogP contribution in [0.2, 0.25) is 0 Å². The largest absolute Gasteiger partial charge is 0.312 e. The van der Waals surface area contributed by atoms with Gasteiger partial charge in [-0.25, -0.2) is 5.84 Å². The number of aliphatic imine (C=N–C) groups is 1. The number of hydrogen-bond acceptors (Lipinski definition) is 3. The molecular weight excluding hydrogens is 206 g/mol. The standard InChI is InChI=1S/C11H15N3S/c1-2-13-11(14-12)9-7-15-10-6-4-3-5-8(9)10/h3-6,9H,2,7,12H2,1H3,(H,13,14). The Labute approximate surface area is 94.1 Å². The molecule has 0 spiro atoms. The van der Waals surface area contributed by atoms with Crippen LogP contribution in [-0.4, -0.2) is 18.1 Å². The Morgan fingerprint density at radius 2 is 2.40 bits per heavy atom. The van der Waals surface area contributed by atoms with Crippen LogP contribution in [-0.2, 0) is 0 Å². The molecule has 1 aromatic carbocycles. The summed E-state index contributed by atoms with van der Waals surface area (Å²) in [6, 6.07) is 8.45. The van der Waals surface area contributed by atoms with E-state index >= 15 is 0 Å². The molecule has 3 nitrogen and oxygen atoms in total. The van der Waals surface area contributed by atoms with Crippen molar-refractivity contribution in [2.45, 2.75) is 17.7 Å². The molecule has 0 saturated carbocycles. The normalized spacial score (nSPS) is 20.1. The predicted molar refractivity (Wildman–Crippen MR) is 65.2 cm³/mol. The lowest BCUT2D eigenvalue weighted by Gasteiger charge is -2.13. The van der Waals surface area contributed by atoms with Gasteiger partial charge in [-0.2, -0.15) is 0 Å². The second kappa shape index (κ2) is 4.68. The number of fused-ring (bicyclic) bond motifs is 1. The average Bonchev–Trinajstić information content (AvgIpc) is 2.70. The van der Waals surface area contributed by atoms with Crippen molar-refractivity contribution in [3.8, 4) is 0 Å². The maximum absolute atomic E-state index is 5.51. The monoisotopic (exact) mass is 221 g/mol. The van der Waals surface area contributed by atoms with Crippen LogP contribution in [0.3, 0.4) is 0 Å². The fourth-order valence-electron chi connectivity index (χ4n) is 1.82. The number of rotatable bonds is 2. The molecule has 15 heavy (non-hydrogen) atoms.